The van der Waals surface area contributed by atoms with Gasteiger partial charge in [-0.05, 0) is 18.9 Å². The Balaban J connectivity index is 2.78. The summed E-state index contributed by atoms with van der Waals surface area (Å²) in [6, 6.07) is 9.30. The number of carboxylic acid groups (broad SMARTS) is 1. The van der Waals surface area contributed by atoms with Crippen LogP contribution in [0.25, 0.3) is 0 Å². The summed E-state index contributed by atoms with van der Waals surface area (Å²) in [6.07, 6.45) is 0.271. The molecule has 1 unspecified atom stereocenters. The maximum absolute atomic E-state index is 10.6. The molecule has 0 saturated carbocycles. The van der Waals surface area contributed by atoms with Crippen LogP contribution in [-0.4, -0.2) is 11.1 Å². The first-order valence-corrected chi connectivity index (χ1v) is 4.31. The van der Waals surface area contributed by atoms with Gasteiger partial charge >= 0.3 is 5.97 Å². The van der Waals surface area contributed by atoms with E-state index in [1.807, 2.05) is 31.2 Å². The van der Waals surface area contributed by atoms with Crippen molar-refractivity contribution in [2.75, 3.05) is 0 Å². The quantitative estimate of drug-likeness (QED) is 0.788. The first kappa shape index (κ1) is 10.3. The van der Waals surface area contributed by atoms with Crippen LogP contribution in [0.15, 0.2) is 24.3 Å². The lowest BCUT2D eigenvalue weighted by Crippen LogP contribution is -2.14. The van der Waals surface area contributed by atoms with Crippen LogP contribution in [0.3, 0.4) is 0 Å². The highest BCUT2D eigenvalue weighted by Crippen LogP contribution is 2.10. The molecule has 0 radical (unpaired) electrons. The van der Waals surface area contributed by atoms with Crippen molar-refractivity contribution in [2.24, 2.45) is 5.92 Å². The third-order valence-corrected chi connectivity index (χ3v) is 1.98. The summed E-state index contributed by atoms with van der Waals surface area (Å²) in [4.78, 5) is 10.6. The lowest BCUT2D eigenvalue weighted by atomic mass is 10.00. The standard InChI is InChI=1S/C11H11NO2/c1-8-3-2-4-9(5-8)6-10(7-12)11(13)14/h2-5,10H,6H2,1H3,(H,13,14). The fourth-order valence-corrected chi connectivity index (χ4v) is 1.26. The minimum atomic E-state index is -1.06. The number of aliphatic carboxylic acids is 1. The number of carboxylic acids is 1. The predicted molar refractivity (Wildman–Crippen MR) is 51.6 cm³/mol. The van der Waals surface area contributed by atoms with E-state index in [0.29, 0.717) is 0 Å². The first-order chi connectivity index (χ1) is 6.63. The zero-order valence-electron chi connectivity index (χ0n) is 7.90. The smallest absolute Gasteiger partial charge is 0.321 e. The fourth-order valence-electron chi connectivity index (χ4n) is 1.26. The SMILES string of the molecule is Cc1cccc(CC(C#N)C(=O)O)c1. The van der Waals surface area contributed by atoms with Gasteiger partial charge in [-0.15, -0.1) is 0 Å². The monoisotopic (exact) mass is 189 g/mol. The topological polar surface area (TPSA) is 61.1 Å². The molecule has 1 aromatic carbocycles. The molecule has 0 fully saturated rings. The van der Waals surface area contributed by atoms with E-state index in [1.54, 1.807) is 6.07 Å². The Bertz CT molecular complexity index is 379. The second-order valence-electron chi connectivity index (χ2n) is 3.21. The van der Waals surface area contributed by atoms with Crippen molar-refractivity contribution in [3.63, 3.8) is 0 Å². The number of nitrogens with zero attached hydrogens (tertiary/aromatic N) is 1. The van der Waals surface area contributed by atoms with Gasteiger partial charge in [-0.25, -0.2) is 0 Å². The molecule has 0 amide bonds. The third-order valence-electron chi connectivity index (χ3n) is 1.98. The summed E-state index contributed by atoms with van der Waals surface area (Å²) in [6.45, 7) is 1.94. The number of aryl methyl sites for hydroxylation is 1. The zero-order chi connectivity index (χ0) is 10.6. The van der Waals surface area contributed by atoms with Gasteiger partial charge in [-0.2, -0.15) is 5.26 Å². The Morgan fingerprint density at radius 2 is 2.36 bits per heavy atom. The van der Waals surface area contributed by atoms with Crippen LogP contribution < -0.4 is 0 Å². The highest BCUT2D eigenvalue weighted by atomic mass is 16.4. The van der Waals surface area contributed by atoms with Crippen molar-refractivity contribution in [3.05, 3.63) is 35.4 Å². The maximum Gasteiger partial charge on any atom is 0.321 e. The Kier molecular flexibility index (Phi) is 3.24. The normalized spacial score (nSPS) is 11.7. The minimum Gasteiger partial charge on any atom is -0.480 e. The number of hydrogen-bond acceptors (Lipinski definition) is 2. The largest absolute Gasteiger partial charge is 0.480 e. The zero-order valence-corrected chi connectivity index (χ0v) is 7.90. The molecule has 0 aliphatic rings. The Morgan fingerprint density at radius 1 is 1.64 bits per heavy atom. The van der Waals surface area contributed by atoms with Gasteiger partial charge in [0.05, 0.1) is 6.07 Å². The predicted octanol–water partition coefficient (Wildman–Crippen LogP) is 1.76. The van der Waals surface area contributed by atoms with Crippen LogP contribution in [0.4, 0.5) is 0 Å². The average Bonchev–Trinajstić information content (AvgIpc) is 2.14. The van der Waals surface area contributed by atoms with Crippen molar-refractivity contribution < 1.29 is 9.90 Å². The fraction of sp³-hybridized carbons (Fsp3) is 0.273. The van der Waals surface area contributed by atoms with Gasteiger partial charge in [-0.3, -0.25) is 4.79 Å². The number of rotatable bonds is 3. The molecule has 1 aromatic rings. The Morgan fingerprint density at radius 3 is 2.86 bits per heavy atom. The van der Waals surface area contributed by atoms with E-state index in [-0.39, 0.29) is 6.42 Å². The Labute approximate surface area is 82.6 Å². The molecule has 72 valence electrons. The van der Waals surface area contributed by atoms with E-state index in [2.05, 4.69) is 0 Å². The molecule has 0 spiro atoms. The van der Waals surface area contributed by atoms with Gasteiger partial charge in [0.15, 0.2) is 0 Å². The molecule has 3 nitrogen and oxygen atoms in total. The van der Waals surface area contributed by atoms with Gasteiger partial charge < -0.3 is 5.11 Å². The Hall–Kier alpha value is -1.82. The van der Waals surface area contributed by atoms with E-state index in [1.165, 1.54) is 0 Å². The van der Waals surface area contributed by atoms with Crippen molar-refractivity contribution in [1.29, 1.82) is 5.26 Å². The average molecular weight is 189 g/mol. The van der Waals surface area contributed by atoms with E-state index in [4.69, 9.17) is 10.4 Å². The van der Waals surface area contributed by atoms with Crippen LogP contribution in [0.1, 0.15) is 11.1 Å². The van der Waals surface area contributed by atoms with E-state index < -0.39 is 11.9 Å². The maximum atomic E-state index is 10.6. The summed E-state index contributed by atoms with van der Waals surface area (Å²) in [5.74, 6) is -2.01. The van der Waals surface area contributed by atoms with Crippen molar-refractivity contribution in [2.45, 2.75) is 13.3 Å². The molecule has 1 atom stereocenters. The molecule has 0 bridgehead atoms. The van der Waals surface area contributed by atoms with Gasteiger partial charge in [0, 0.05) is 0 Å². The van der Waals surface area contributed by atoms with Crippen LogP contribution in [0.5, 0.6) is 0 Å². The highest BCUT2D eigenvalue weighted by Gasteiger charge is 2.16. The molecule has 0 aliphatic carbocycles. The highest BCUT2D eigenvalue weighted by molar-refractivity contribution is 5.73. The summed E-state index contributed by atoms with van der Waals surface area (Å²) < 4.78 is 0. The van der Waals surface area contributed by atoms with Crippen LogP contribution in [0, 0.1) is 24.2 Å². The van der Waals surface area contributed by atoms with Crippen LogP contribution >= 0.6 is 0 Å². The second kappa shape index (κ2) is 4.43. The molecule has 0 aromatic heterocycles. The summed E-state index contributed by atoms with van der Waals surface area (Å²) in [5, 5.41) is 17.3. The van der Waals surface area contributed by atoms with Crippen molar-refractivity contribution in [3.8, 4) is 6.07 Å². The van der Waals surface area contributed by atoms with E-state index >= 15 is 0 Å². The number of nitriles is 1. The molecule has 0 saturated heterocycles. The van der Waals surface area contributed by atoms with Crippen molar-refractivity contribution >= 4 is 5.97 Å². The third kappa shape index (κ3) is 2.60. The van der Waals surface area contributed by atoms with Crippen LogP contribution in [0.2, 0.25) is 0 Å². The first-order valence-electron chi connectivity index (χ1n) is 4.31. The van der Waals surface area contributed by atoms with Gasteiger partial charge in [0.2, 0.25) is 0 Å². The van der Waals surface area contributed by atoms with Gasteiger partial charge in [0.1, 0.15) is 5.92 Å². The summed E-state index contributed by atoms with van der Waals surface area (Å²) >= 11 is 0. The molecule has 14 heavy (non-hydrogen) atoms. The van der Waals surface area contributed by atoms with Crippen LogP contribution in [-0.2, 0) is 11.2 Å². The molecule has 3 heteroatoms. The molecule has 1 rings (SSSR count). The number of hydrogen-bond donors (Lipinski definition) is 1. The van der Waals surface area contributed by atoms with Gasteiger partial charge in [0.25, 0.3) is 0 Å². The molecular formula is C11H11NO2. The molecule has 0 aliphatic heterocycles. The van der Waals surface area contributed by atoms with Crippen molar-refractivity contribution in [1.82, 2.24) is 0 Å². The number of carbonyl (C=O) groups is 1. The minimum absolute atomic E-state index is 0.271. The molecular weight excluding hydrogens is 178 g/mol. The lowest BCUT2D eigenvalue weighted by Gasteiger charge is -2.04. The number of benzene rings is 1. The molecule has 1 N–H and O–H groups in total. The van der Waals surface area contributed by atoms with E-state index in [9.17, 15) is 4.79 Å². The van der Waals surface area contributed by atoms with E-state index in [0.717, 1.165) is 11.1 Å². The summed E-state index contributed by atoms with van der Waals surface area (Å²) in [7, 11) is 0. The second-order valence-corrected chi connectivity index (χ2v) is 3.21. The summed E-state index contributed by atoms with van der Waals surface area (Å²) in [5.41, 5.74) is 1.96. The van der Waals surface area contributed by atoms with Gasteiger partial charge in [-0.1, -0.05) is 29.8 Å². The molecule has 0 heterocycles. The lowest BCUT2D eigenvalue weighted by molar-refractivity contribution is -0.139.